The van der Waals surface area contributed by atoms with E-state index in [2.05, 4.69) is 5.32 Å². The van der Waals surface area contributed by atoms with Crippen molar-refractivity contribution in [1.29, 1.82) is 0 Å². The van der Waals surface area contributed by atoms with Gasteiger partial charge in [0.05, 0.1) is 11.6 Å². The van der Waals surface area contributed by atoms with Crippen molar-refractivity contribution in [3.05, 3.63) is 53.8 Å². The summed E-state index contributed by atoms with van der Waals surface area (Å²) in [6.45, 7) is 2.89. The third-order valence-corrected chi connectivity index (χ3v) is 4.79. The number of furan rings is 1. The van der Waals surface area contributed by atoms with Gasteiger partial charge in [-0.1, -0.05) is 24.6 Å². The van der Waals surface area contributed by atoms with Gasteiger partial charge in [-0.15, -0.1) is 24.8 Å². The molecule has 3 heterocycles. The lowest BCUT2D eigenvalue weighted by molar-refractivity contribution is 0.115. The smallest absolute Gasteiger partial charge is 0.152 e. The number of para-hydroxylation sites is 1. The maximum Gasteiger partial charge on any atom is 0.152 e. The second-order valence-electron chi connectivity index (χ2n) is 6.53. The van der Waals surface area contributed by atoms with E-state index in [-0.39, 0.29) is 30.9 Å². The van der Waals surface area contributed by atoms with Gasteiger partial charge in [-0.25, -0.2) is 4.98 Å². The van der Waals surface area contributed by atoms with E-state index in [1.807, 2.05) is 49.4 Å². The number of rotatable bonds is 3. The molecule has 0 amide bonds. The van der Waals surface area contributed by atoms with Gasteiger partial charge in [-0.3, -0.25) is 0 Å². The molecule has 1 aromatic carbocycles. The summed E-state index contributed by atoms with van der Waals surface area (Å²) in [5, 5.41) is 15.5. The van der Waals surface area contributed by atoms with E-state index >= 15 is 0 Å². The summed E-state index contributed by atoms with van der Waals surface area (Å²) < 4.78 is 5.74. The molecular weight excluding hydrogens is 371 g/mol. The van der Waals surface area contributed by atoms with Crippen molar-refractivity contribution in [2.45, 2.75) is 38.3 Å². The minimum absolute atomic E-state index is 0. The average molecular weight is 395 g/mol. The minimum atomic E-state index is -0.548. The number of aliphatic hydroxyl groups is 1. The molecule has 2 N–H and O–H groups in total. The second-order valence-corrected chi connectivity index (χ2v) is 6.53. The number of piperidine rings is 1. The third kappa shape index (κ3) is 4.04. The molecule has 140 valence electrons. The summed E-state index contributed by atoms with van der Waals surface area (Å²) in [4.78, 5) is 4.72. The molecule has 1 fully saturated rings. The van der Waals surface area contributed by atoms with Crippen LogP contribution >= 0.6 is 24.8 Å². The number of aryl methyl sites for hydroxylation is 1. The molecule has 0 spiro atoms. The number of hydrogen-bond acceptors (Lipinski definition) is 4. The standard InChI is InChI=1S/C20H22N2O2.2ClH/c1-13-9-10-19(24-13)18-12-15(14-6-2-3-7-16(14)22-18)20(23)17-8-4-5-11-21-17;;/h2-3,6-7,9-10,12,17,20-21,23H,4-5,8,11H2,1H3;2*1H. The molecule has 1 aliphatic heterocycles. The van der Waals surface area contributed by atoms with Gasteiger partial charge >= 0.3 is 0 Å². The summed E-state index contributed by atoms with van der Waals surface area (Å²) in [7, 11) is 0. The fourth-order valence-corrected chi connectivity index (χ4v) is 3.51. The Kier molecular flexibility index (Phi) is 7.07. The quantitative estimate of drug-likeness (QED) is 0.668. The summed E-state index contributed by atoms with van der Waals surface area (Å²) >= 11 is 0. The molecule has 26 heavy (non-hydrogen) atoms. The van der Waals surface area contributed by atoms with Crippen molar-refractivity contribution in [2.75, 3.05) is 6.54 Å². The van der Waals surface area contributed by atoms with E-state index in [0.717, 1.165) is 53.1 Å². The lowest BCUT2D eigenvalue weighted by atomic mass is 9.92. The second kappa shape index (κ2) is 8.87. The highest BCUT2D eigenvalue weighted by Gasteiger charge is 2.25. The van der Waals surface area contributed by atoms with Gasteiger partial charge in [0.2, 0.25) is 0 Å². The molecule has 0 aliphatic carbocycles. The zero-order valence-corrected chi connectivity index (χ0v) is 16.3. The van der Waals surface area contributed by atoms with Crippen molar-refractivity contribution >= 4 is 35.7 Å². The fourth-order valence-electron chi connectivity index (χ4n) is 3.51. The van der Waals surface area contributed by atoms with Crippen LogP contribution in [0.1, 0.15) is 36.7 Å². The van der Waals surface area contributed by atoms with E-state index in [1.54, 1.807) is 0 Å². The largest absolute Gasteiger partial charge is 0.460 e. The molecule has 4 nitrogen and oxygen atoms in total. The minimum Gasteiger partial charge on any atom is -0.460 e. The molecule has 0 bridgehead atoms. The zero-order chi connectivity index (χ0) is 16.5. The van der Waals surface area contributed by atoms with Crippen LogP contribution in [0.2, 0.25) is 0 Å². The van der Waals surface area contributed by atoms with Crippen molar-refractivity contribution in [1.82, 2.24) is 10.3 Å². The number of benzene rings is 1. The number of pyridine rings is 1. The Bertz CT molecular complexity index is 860. The third-order valence-electron chi connectivity index (χ3n) is 4.79. The number of nitrogens with one attached hydrogen (secondary N) is 1. The molecule has 2 aromatic heterocycles. The Balaban J connectivity index is 0.00000121. The normalized spacial score (nSPS) is 18.0. The van der Waals surface area contributed by atoms with Crippen LogP contribution in [0.5, 0.6) is 0 Å². The van der Waals surface area contributed by atoms with Gasteiger partial charge in [-0.2, -0.15) is 0 Å². The van der Waals surface area contributed by atoms with E-state index < -0.39 is 6.10 Å². The Hall–Kier alpha value is -1.59. The van der Waals surface area contributed by atoms with Crippen LogP contribution in [0.25, 0.3) is 22.4 Å². The average Bonchev–Trinajstić information content (AvgIpc) is 3.07. The van der Waals surface area contributed by atoms with Crippen molar-refractivity contribution in [2.24, 2.45) is 0 Å². The van der Waals surface area contributed by atoms with Crippen molar-refractivity contribution in [3.63, 3.8) is 0 Å². The molecule has 2 atom stereocenters. The first-order valence-electron chi connectivity index (χ1n) is 8.60. The van der Waals surface area contributed by atoms with Crippen molar-refractivity contribution in [3.8, 4) is 11.5 Å². The molecular formula is C20H24Cl2N2O2. The van der Waals surface area contributed by atoms with Crippen molar-refractivity contribution < 1.29 is 9.52 Å². The zero-order valence-electron chi connectivity index (χ0n) is 14.6. The predicted molar refractivity (Wildman–Crippen MR) is 109 cm³/mol. The number of fused-ring (bicyclic) bond motifs is 1. The van der Waals surface area contributed by atoms with Gasteiger partial charge in [0.15, 0.2) is 5.76 Å². The van der Waals surface area contributed by atoms with Crippen LogP contribution in [0.15, 0.2) is 46.9 Å². The summed E-state index contributed by atoms with van der Waals surface area (Å²) in [5.41, 5.74) is 2.57. The summed E-state index contributed by atoms with van der Waals surface area (Å²) in [5.74, 6) is 1.60. The molecule has 0 saturated carbocycles. The van der Waals surface area contributed by atoms with Crippen LogP contribution < -0.4 is 5.32 Å². The van der Waals surface area contributed by atoms with Crippen LogP contribution in [0.4, 0.5) is 0 Å². The Morgan fingerprint density at radius 3 is 2.65 bits per heavy atom. The van der Waals surface area contributed by atoms with Gasteiger partial charge in [-0.05, 0) is 56.1 Å². The van der Waals surface area contributed by atoms with E-state index in [1.165, 1.54) is 6.42 Å². The SMILES string of the molecule is Cc1ccc(-c2cc(C(O)C3CCCCN3)c3ccccc3n2)o1.Cl.Cl. The topological polar surface area (TPSA) is 58.3 Å². The van der Waals surface area contributed by atoms with E-state index in [0.29, 0.717) is 0 Å². The Morgan fingerprint density at radius 1 is 1.15 bits per heavy atom. The van der Waals surface area contributed by atoms with Crippen LogP contribution in [0, 0.1) is 6.92 Å². The van der Waals surface area contributed by atoms with Crippen LogP contribution in [-0.4, -0.2) is 22.7 Å². The number of aromatic nitrogens is 1. The molecule has 1 aliphatic rings. The number of hydrogen-bond donors (Lipinski definition) is 2. The highest BCUT2D eigenvalue weighted by Crippen LogP contribution is 2.32. The predicted octanol–water partition coefficient (Wildman–Crippen LogP) is 4.82. The first-order valence-corrected chi connectivity index (χ1v) is 8.60. The van der Waals surface area contributed by atoms with Gasteiger partial charge in [0, 0.05) is 11.4 Å². The van der Waals surface area contributed by atoms with E-state index in [4.69, 9.17) is 9.40 Å². The highest BCUT2D eigenvalue weighted by molar-refractivity contribution is 5.86. The lowest BCUT2D eigenvalue weighted by Gasteiger charge is -2.29. The Labute approximate surface area is 165 Å². The summed E-state index contributed by atoms with van der Waals surface area (Å²) in [6, 6.07) is 13.9. The lowest BCUT2D eigenvalue weighted by Crippen LogP contribution is -2.38. The molecule has 3 aromatic rings. The van der Waals surface area contributed by atoms with E-state index in [9.17, 15) is 5.11 Å². The first kappa shape index (κ1) is 20.7. The summed E-state index contributed by atoms with van der Waals surface area (Å²) in [6.07, 6.45) is 2.78. The molecule has 6 heteroatoms. The maximum atomic E-state index is 11.0. The molecule has 2 unspecified atom stereocenters. The number of nitrogens with zero attached hydrogens (tertiary/aromatic N) is 1. The first-order chi connectivity index (χ1) is 11.7. The van der Waals surface area contributed by atoms with Crippen LogP contribution in [-0.2, 0) is 0 Å². The maximum absolute atomic E-state index is 11.0. The molecule has 0 radical (unpaired) electrons. The van der Waals surface area contributed by atoms with Gasteiger partial charge < -0.3 is 14.8 Å². The Morgan fingerprint density at radius 2 is 1.96 bits per heavy atom. The van der Waals surface area contributed by atoms with Gasteiger partial charge in [0.1, 0.15) is 11.5 Å². The van der Waals surface area contributed by atoms with Crippen LogP contribution in [0.3, 0.4) is 0 Å². The number of halogens is 2. The highest BCUT2D eigenvalue weighted by atomic mass is 35.5. The monoisotopic (exact) mass is 394 g/mol. The number of aliphatic hydroxyl groups excluding tert-OH is 1. The molecule has 1 saturated heterocycles. The van der Waals surface area contributed by atoms with Gasteiger partial charge in [0.25, 0.3) is 0 Å². The molecule has 4 rings (SSSR count). The fraction of sp³-hybridized carbons (Fsp3) is 0.350.